The molecule has 2 N–H and O–H groups in total. The predicted molar refractivity (Wildman–Crippen MR) is 102 cm³/mol. The van der Waals surface area contributed by atoms with Crippen molar-refractivity contribution in [2.75, 3.05) is 11.9 Å². The minimum absolute atomic E-state index is 0.135. The Balaban J connectivity index is 1.74. The van der Waals surface area contributed by atoms with Crippen molar-refractivity contribution in [2.45, 2.75) is 26.8 Å². The zero-order valence-electron chi connectivity index (χ0n) is 15.2. The van der Waals surface area contributed by atoms with Crippen LogP contribution in [-0.2, 0) is 14.4 Å². The fraction of sp³-hybridized carbons (Fsp3) is 0.250. The molecule has 6 heteroatoms. The molecule has 0 radical (unpaired) electrons. The zero-order valence-corrected chi connectivity index (χ0v) is 15.2. The molecule has 136 valence electrons. The molecule has 0 saturated heterocycles. The quantitative estimate of drug-likeness (QED) is 0.593. The first-order chi connectivity index (χ1) is 12.5. The second-order valence-corrected chi connectivity index (χ2v) is 6.02. The third kappa shape index (κ3) is 6.05. The second kappa shape index (κ2) is 9.36. The van der Waals surface area contributed by atoms with Gasteiger partial charge in [0.05, 0.1) is 6.04 Å². The van der Waals surface area contributed by atoms with Crippen molar-refractivity contribution < 1.29 is 14.4 Å². The molecule has 2 aromatic carbocycles. The summed E-state index contributed by atoms with van der Waals surface area (Å²) in [6.07, 6.45) is 1.01. The van der Waals surface area contributed by atoms with Gasteiger partial charge >= 0.3 is 0 Å². The topological polar surface area (TPSA) is 79.8 Å². The van der Waals surface area contributed by atoms with Crippen molar-refractivity contribution in [3.05, 3.63) is 65.2 Å². The molecular weight excluding hydrogens is 330 g/mol. The van der Waals surface area contributed by atoms with Crippen molar-refractivity contribution in [3.8, 4) is 0 Å². The summed E-state index contributed by atoms with van der Waals surface area (Å²) in [5.74, 6) is -0.733. The van der Waals surface area contributed by atoms with E-state index in [2.05, 4.69) is 15.8 Å². The number of anilines is 1. The molecule has 0 fully saturated rings. The third-order valence-electron chi connectivity index (χ3n) is 3.76. The van der Waals surface area contributed by atoms with Gasteiger partial charge in [-0.25, -0.2) is 0 Å². The number of benzene rings is 2. The normalized spacial score (nSPS) is 11.8. The lowest BCUT2D eigenvalue weighted by Crippen LogP contribution is -2.29. The molecule has 6 nitrogen and oxygen atoms in total. The number of aryl methyl sites for hydroxylation is 2. The number of amides is 2. The molecule has 0 aromatic heterocycles. The maximum Gasteiger partial charge on any atom is 0.270 e. The number of hydrogen-bond donors (Lipinski definition) is 2. The smallest absolute Gasteiger partial charge is 0.270 e. The minimum atomic E-state index is -0.421. The Labute approximate surface area is 153 Å². The van der Waals surface area contributed by atoms with Crippen LogP contribution < -0.4 is 10.6 Å². The number of carbonyl (C=O) groups excluding carboxylic acids is 2. The summed E-state index contributed by atoms with van der Waals surface area (Å²) in [7, 11) is 0. The molecule has 2 amide bonds. The van der Waals surface area contributed by atoms with Crippen molar-refractivity contribution in [2.24, 2.45) is 5.16 Å². The highest BCUT2D eigenvalue weighted by molar-refractivity contribution is 6.31. The fourth-order valence-electron chi connectivity index (χ4n) is 2.41. The van der Waals surface area contributed by atoms with E-state index in [0.29, 0.717) is 5.69 Å². The minimum Gasteiger partial charge on any atom is -0.386 e. The van der Waals surface area contributed by atoms with Crippen LogP contribution >= 0.6 is 0 Å². The van der Waals surface area contributed by atoms with Crippen LogP contribution in [0.15, 0.2) is 53.7 Å². The van der Waals surface area contributed by atoms with Gasteiger partial charge in [0, 0.05) is 5.69 Å². The standard InChI is InChI=1S/C20H23N3O3/c1-14-9-10-18(15(2)11-14)23-19(24)12-21-26-13-20(25)22-16(3)17-7-5-4-6-8-17/h4-12,16H,13H2,1-3H3,(H,22,25)(H,23,24)/b21-12-/t16-/m0/s1. The van der Waals surface area contributed by atoms with Gasteiger partial charge < -0.3 is 15.5 Å². The van der Waals surface area contributed by atoms with E-state index in [0.717, 1.165) is 22.9 Å². The lowest BCUT2D eigenvalue weighted by atomic mass is 10.1. The largest absolute Gasteiger partial charge is 0.386 e. The summed E-state index contributed by atoms with van der Waals surface area (Å²) < 4.78 is 0. The summed E-state index contributed by atoms with van der Waals surface area (Å²) in [6, 6.07) is 15.2. The first-order valence-electron chi connectivity index (χ1n) is 8.33. The molecule has 2 rings (SSSR count). The summed E-state index contributed by atoms with van der Waals surface area (Å²) in [6.45, 7) is 5.52. The van der Waals surface area contributed by atoms with E-state index in [9.17, 15) is 9.59 Å². The van der Waals surface area contributed by atoms with E-state index in [1.54, 1.807) is 0 Å². The molecule has 0 bridgehead atoms. The predicted octanol–water partition coefficient (Wildman–Crippen LogP) is 3.12. The highest BCUT2D eigenvalue weighted by Crippen LogP contribution is 2.15. The number of carbonyl (C=O) groups is 2. The van der Waals surface area contributed by atoms with E-state index < -0.39 is 5.91 Å². The Hall–Kier alpha value is -3.15. The van der Waals surface area contributed by atoms with Gasteiger partial charge in [0.15, 0.2) is 6.61 Å². The lowest BCUT2D eigenvalue weighted by Gasteiger charge is -2.13. The van der Waals surface area contributed by atoms with Gasteiger partial charge in [-0.1, -0.05) is 53.2 Å². The molecule has 0 unspecified atom stereocenters. The number of nitrogens with one attached hydrogen (secondary N) is 2. The average Bonchev–Trinajstić information content (AvgIpc) is 2.62. The van der Waals surface area contributed by atoms with Gasteiger partial charge in [-0.3, -0.25) is 9.59 Å². The Morgan fingerprint density at radius 1 is 1.15 bits per heavy atom. The van der Waals surface area contributed by atoms with E-state index in [4.69, 9.17) is 4.84 Å². The Kier molecular flexibility index (Phi) is 6.91. The first-order valence-corrected chi connectivity index (χ1v) is 8.33. The van der Waals surface area contributed by atoms with Crippen LogP contribution in [0.1, 0.15) is 29.7 Å². The average molecular weight is 353 g/mol. The highest BCUT2D eigenvalue weighted by atomic mass is 16.6. The third-order valence-corrected chi connectivity index (χ3v) is 3.76. The Morgan fingerprint density at radius 3 is 2.58 bits per heavy atom. The number of rotatable bonds is 7. The fourth-order valence-corrected chi connectivity index (χ4v) is 2.41. The van der Waals surface area contributed by atoms with E-state index in [1.165, 1.54) is 0 Å². The summed E-state index contributed by atoms with van der Waals surface area (Å²) in [4.78, 5) is 28.5. The summed E-state index contributed by atoms with van der Waals surface area (Å²) >= 11 is 0. The highest BCUT2D eigenvalue weighted by Gasteiger charge is 2.09. The van der Waals surface area contributed by atoms with Crippen LogP contribution in [0, 0.1) is 13.8 Å². The van der Waals surface area contributed by atoms with Crippen LogP contribution in [0.3, 0.4) is 0 Å². The molecule has 0 saturated carbocycles. The van der Waals surface area contributed by atoms with Crippen LogP contribution in [0.25, 0.3) is 0 Å². The molecule has 2 aromatic rings. The van der Waals surface area contributed by atoms with Crippen molar-refractivity contribution >= 4 is 23.7 Å². The monoisotopic (exact) mass is 353 g/mol. The van der Waals surface area contributed by atoms with Gasteiger partial charge in [0.1, 0.15) is 6.21 Å². The van der Waals surface area contributed by atoms with Crippen LogP contribution in [-0.4, -0.2) is 24.6 Å². The van der Waals surface area contributed by atoms with Gasteiger partial charge in [-0.05, 0) is 38.0 Å². The maximum absolute atomic E-state index is 11.8. The molecular formula is C20H23N3O3. The number of nitrogens with zero attached hydrogens (tertiary/aromatic N) is 1. The molecule has 0 aliphatic heterocycles. The molecule has 0 heterocycles. The SMILES string of the molecule is Cc1ccc(NC(=O)/C=N\OCC(=O)N[C@@H](C)c2ccccc2)c(C)c1. The van der Waals surface area contributed by atoms with Crippen LogP contribution in [0.4, 0.5) is 5.69 Å². The summed E-state index contributed by atoms with van der Waals surface area (Å²) in [5, 5.41) is 9.05. The number of oxime groups is 1. The molecule has 0 aliphatic rings. The molecule has 0 spiro atoms. The molecule has 0 aliphatic carbocycles. The zero-order chi connectivity index (χ0) is 18.9. The van der Waals surface area contributed by atoms with Gasteiger partial charge in [-0.15, -0.1) is 0 Å². The Morgan fingerprint density at radius 2 is 1.88 bits per heavy atom. The van der Waals surface area contributed by atoms with E-state index in [-0.39, 0.29) is 18.6 Å². The van der Waals surface area contributed by atoms with Crippen molar-refractivity contribution in [3.63, 3.8) is 0 Å². The van der Waals surface area contributed by atoms with E-state index >= 15 is 0 Å². The second-order valence-electron chi connectivity index (χ2n) is 6.02. The van der Waals surface area contributed by atoms with Crippen molar-refractivity contribution in [1.82, 2.24) is 5.32 Å². The number of hydrogen-bond acceptors (Lipinski definition) is 4. The Bertz CT molecular complexity index is 788. The molecule has 1 atom stereocenters. The maximum atomic E-state index is 11.8. The first kappa shape index (κ1) is 19.2. The molecule has 26 heavy (non-hydrogen) atoms. The van der Waals surface area contributed by atoms with Gasteiger partial charge in [-0.2, -0.15) is 0 Å². The van der Waals surface area contributed by atoms with Gasteiger partial charge in [0.2, 0.25) is 0 Å². The van der Waals surface area contributed by atoms with Gasteiger partial charge in [0.25, 0.3) is 11.8 Å². The van der Waals surface area contributed by atoms with Crippen LogP contribution in [0.2, 0.25) is 0 Å². The van der Waals surface area contributed by atoms with Crippen molar-refractivity contribution in [1.29, 1.82) is 0 Å². The summed E-state index contributed by atoms with van der Waals surface area (Å²) in [5.41, 5.74) is 3.79. The van der Waals surface area contributed by atoms with Crippen LogP contribution in [0.5, 0.6) is 0 Å². The lowest BCUT2D eigenvalue weighted by molar-refractivity contribution is -0.126. The van der Waals surface area contributed by atoms with E-state index in [1.807, 2.05) is 69.3 Å².